The Bertz CT molecular complexity index is 14.4. The van der Waals surface area contributed by atoms with Gasteiger partial charge in [-0.1, -0.05) is 6.92 Å². The molecule has 0 spiro atoms. The second kappa shape index (κ2) is 2.96. The summed E-state index contributed by atoms with van der Waals surface area (Å²) in [5, 5.41) is 0. The van der Waals surface area contributed by atoms with Crippen molar-refractivity contribution in [2.24, 2.45) is 5.73 Å². The van der Waals surface area contributed by atoms with Gasteiger partial charge in [0, 0.05) is 0 Å². The smallest absolute Gasteiger partial charge is 0.118 e. The molecule has 0 atom stereocenters. The van der Waals surface area contributed by atoms with E-state index >= 15 is 0 Å². The van der Waals surface area contributed by atoms with Gasteiger partial charge in [0.2, 0.25) is 0 Å². The Morgan fingerprint density at radius 3 is 3.00 bits per heavy atom. The van der Waals surface area contributed by atoms with Crippen molar-refractivity contribution in [1.82, 2.24) is 0 Å². The molecular weight excluding hydrogens is 50.0 g/mol. The maximum Gasteiger partial charge on any atom is 0.118 e. The van der Waals surface area contributed by atoms with E-state index in [-0.39, 0.29) is 0 Å². The monoisotopic (exact) mass is 60.1 g/mol. The lowest BCUT2D eigenvalue weighted by Gasteiger charge is -1.70. The van der Waals surface area contributed by atoms with E-state index in [1.165, 1.54) is 0 Å². The summed E-state index contributed by atoms with van der Waals surface area (Å²) < 4.78 is 6.35. The molecular formula is C3H9N. The summed E-state index contributed by atoms with van der Waals surface area (Å²) >= 11 is 0. The highest BCUT2D eigenvalue weighted by Gasteiger charge is 1.55. The molecule has 2 N–H and O–H groups in total. The second-order valence-corrected chi connectivity index (χ2v) is 0.750. The highest BCUT2D eigenvalue weighted by molar-refractivity contribution is 4.19. The number of rotatable bonds is 2. The van der Waals surface area contributed by atoms with Crippen LogP contribution in [-0.4, -0.2) is 6.54 Å². The van der Waals surface area contributed by atoms with Crippen molar-refractivity contribution in [3.8, 4) is 0 Å². The summed E-state index contributed by atoms with van der Waals surface area (Å²) in [7, 11) is 0. The zero-order chi connectivity index (χ0) is 4.12. The Kier molecular flexibility index (Phi) is 1.64. The van der Waals surface area contributed by atoms with E-state index in [1.807, 2.05) is 6.92 Å². The van der Waals surface area contributed by atoms with Crippen molar-refractivity contribution in [2.45, 2.75) is 13.3 Å². The topological polar surface area (TPSA) is 26.0 Å². The van der Waals surface area contributed by atoms with Gasteiger partial charge in [0.25, 0.3) is 0 Å². The van der Waals surface area contributed by atoms with Crippen LogP contribution in [0.25, 0.3) is 0 Å². The van der Waals surface area contributed by atoms with E-state index in [9.17, 15) is 0 Å². The minimum atomic E-state index is 0.806. The summed E-state index contributed by atoms with van der Waals surface area (Å²) in [5.41, 5.74) is 2.27. The van der Waals surface area contributed by atoms with E-state index < -0.39 is 0 Å². The normalized spacial score (nSPS) is 10.8. The highest BCUT2D eigenvalue weighted by Crippen LogP contribution is 1.57. The molecule has 4 heavy (non-hydrogen) atoms. The lowest BCUT2D eigenvalue weighted by molar-refractivity contribution is 0.932. The van der Waals surface area contributed by atoms with Gasteiger partial charge >= 0.3 is 0 Å². The van der Waals surface area contributed by atoms with Gasteiger partial charge in [0.15, 0.2) is 0 Å². The third-order valence-electron chi connectivity index (χ3n) is 0.250. The van der Waals surface area contributed by atoms with Crippen molar-refractivity contribution < 1.29 is 1.41 Å². The van der Waals surface area contributed by atoms with Gasteiger partial charge in [-0.25, -0.2) is 0 Å². The SMILES string of the molecule is [2H]NCCC. The lowest BCUT2D eigenvalue weighted by atomic mass is 10.5. The molecule has 0 rings (SSSR count). The maximum absolute atomic E-state index is 6.35. The molecule has 26 valence electrons. The fourth-order valence-corrected chi connectivity index (χ4v) is 0. The third-order valence-corrected chi connectivity index (χ3v) is 0.250. The molecule has 1 nitrogen and oxygen atoms in total. The standard InChI is InChI=1S/C3H9N/c1-2-3-4/h2-4H2,1H3/i/hD. The summed E-state index contributed by atoms with van der Waals surface area (Å²) in [6.07, 6.45) is 1.05. The molecule has 0 bridgehead atoms. The van der Waals surface area contributed by atoms with Crippen LogP contribution in [-0.2, 0) is 0 Å². The summed E-state index contributed by atoms with van der Waals surface area (Å²) in [5.74, 6) is 0. The van der Waals surface area contributed by atoms with Crippen LogP contribution in [0.5, 0.6) is 0 Å². The van der Waals surface area contributed by atoms with Gasteiger partial charge in [-0.15, -0.1) is 0 Å². The van der Waals surface area contributed by atoms with Crippen LogP contribution >= 0.6 is 0 Å². The molecule has 0 heterocycles. The predicted molar refractivity (Wildman–Crippen MR) is 19.3 cm³/mol. The van der Waals surface area contributed by atoms with Crippen LogP contribution in [0, 0.1) is 0 Å². The number of nitrogens with two attached hydrogens (primary N) is 1. The molecule has 0 aromatic carbocycles. The van der Waals surface area contributed by atoms with Crippen LogP contribution < -0.4 is 5.73 Å². The van der Waals surface area contributed by atoms with Crippen molar-refractivity contribution in [2.75, 3.05) is 6.54 Å². The van der Waals surface area contributed by atoms with Crippen LogP contribution in [0.3, 0.4) is 0 Å². The van der Waals surface area contributed by atoms with E-state index in [0.717, 1.165) is 13.0 Å². The molecule has 0 aliphatic heterocycles. The Morgan fingerprint density at radius 1 is 2.25 bits per heavy atom. The van der Waals surface area contributed by atoms with E-state index in [4.69, 9.17) is 1.41 Å². The minimum Gasteiger partial charge on any atom is -0.330 e. The fourth-order valence-electron chi connectivity index (χ4n) is 0. The Hall–Kier alpha value is -0.0400. The van der Waals surface area contributed by atoms with Crippen molar-refractivity contribution >= 4 is 0 Å². The van der Waals surface area contributed by atoms with Crippen LogP contribution in [0.15, 0.2) is 0 Å². The van der Waals surface area contributed by atoms with Gasteiger partial charge in [-0.05, 0) is 13.0 Å². The van der Waals surface area contributed by atoms with Crippen LogP contribution in [0.1, 0.15) is 13.3 Å². The lowest BCUT2D eigenvalue weighted by Crippen LogP contribution is -1.93. The molecule has 0 aliphatic carbocycles. The molecule has 0 saturated carbocycles. The van der Waals surface area contributed by atoms with Crippen molar-refractivity contribution in [3.05, 3.63) is 0 Å². The second-order valence-electron chi connectivity index (χ2n) is 0.750. The molecule has 0 unspecified atom stereocenters. The Balaban J connectivity index is 2.19. The van der Waals surface area contributed by atoms with Crippen LogP contribution in [0.2, 0.25) is 1.41 Å². The van der Waals surface area contributed by atoms with Gasteiger partial charge in [-0.2, -0.15) is 0 Å². The summed E-state index contributed by atoms with van der Waals surface area (Å²) in [6, 6.07) is 0. The average Bonchev–Trinajstić information content (AvgIpc) is 1.41. The first-order valence-electron chi connectivity index (χ1n) is 2.06. The molecule has 0 aromatic heterocycles. The van der Waals surface area contributed by atoms with Crippen LogP contribution in [0.4, 0.5) is 0 Å². The molecule has 0 fully saturated rings. The minimum absolute atomic E-state index is 0.806. The van der Waals surface area contributed by atoms with E-state index in [2.05, 4.69) is 5.73 Å². The van der Waals surface area contributed by atoms with Gasteiger partial charge in [-0.3, -0.25) is 0 Å². The zero-order valence-electron chi connectivity index (χ0n) is 3.91. The van der Waals surface area contributed by atoms with Crippen molar-refractivity contribution in [3.63, 3.8) is 0 Å². The van der Waals surface area contributed by atoms with Gasteiger partial charge < -0.3 is 5.73 Å². The quantitative estimate of drug-likeness (QED) is 0.489. The fraction of sp³-hybridized carbons (Fsp3) is 1.00. The van der Waals surface area contributed by atoms with E-state index in [1.54, 1.807) is 0 Å². The zero-order valence-corrected chi connectivity index (χ0v) is 2.91. The molecule has 1 heteroatoms. The molecule has 0 aromatic rings. The summed E-state index contributed by atoms with van der Waals surface area (Å²) in [4.78, 5) is 0. The van der Waals surface area contributed by atoms with Gasteiger partial charge in [0.1, 0.15) is 1.41 Å². The third kappa shape index (κ3) is 1.96. The van der Waals surface area contributed by atoms with E-state index in [0.29, 0.717) is 0 Å². The Labute approximate surface area is 28.3 Å². The number of hydrogen-bond acceptors (Lipinski definition) is 1. The molecule has 0 saturated heterocycles. The molecule has 0 radical (unpaired) electrons. The first-order chi connectivity index (χ1) is 2.41. The largest absolute Gasteiger partial charge is 0.330 e. The average molecular weight is 60.1 g/mol. The first kappa shape index (κ1) is 2.21. The first-order valence-corrected chi connectivity index (χ1v) is 1.56. The Morgan fingerprint density at radius 2 is 3.00 bits per heavy atom. The van der Waals surface area contributed by atoms with Gasteiger partial charge in [0.05, 0.1) is 0 Å². The number of hydrogen-bond donors (Lipinski definition) is 1. The maximum atomic E-state index is 6.35. The molecule has 0 amide bonds. The van der Waals surface area contributed by atoms with Crippen molar-refractivity contribution in [1.29, 1.82) is 0 Å². The summed E-state index contributed by atoms with van der Waals surface area (Å²) in [6.45, 7) is 2.83. The highest BCUT2D eigenvalue weighted by atomic mass is 14.5. The predicted octanol–water partition coefficient (Wildman–Crippen LogP) is 0.355. The molecule has 0 aliphatic rings.